The van der Waals surface area contributed by atoms with Gasteiger partial charge in [-0.3, -0.25) is 15.1 Å². The van der Waals surface area contributed by atoms with Gasteiger partial charge in [-0.25, -0.2) is 5.84 Å². The number of carbonyl (C=O) groups excluding carboxylic acids is 1. The maximum atomic E-state index is 11.6. The van der Waals surface area contributed by atoms with E-state index < -0.39 is 0 Å². The van der Waals surface area contributed by atoms with Gasteiger partial charge in [-0.05, 0) is 44.7 Å². The molecule has 2 aliphatic rings. The predicted molar refractivity (Wildman–Crippen MR) is 75.9 cm³/mol. The lowest BCUT2D eigenvalue weighted by Gasteiger charge is -2.31. The average Bonchev–Trinajstić information content (AvgIpc) is 3.03. The number of hydrogen-bond acceptors (Lipinski definition) is 4. The molecule has 1 saturated carbocycles. The summed E-state index contributed by atoms with van der Waals surface area (Å²) in [7, 11) is 0. The topological polar surface area (TPSA) is 71.5 Å². The number of furan rings is 1. The monoisotopic (exact) mass is 277 g/mol. The zero-order valence-corrected chi connectivity index (χ0v) is 12.0. The number of nitrogens with zero attached hydrogens (tertiary/aromatic N) is 1. The van der Waals surface area contributed by atoms with Crippen LogP contribution in [0.5, 0.6) is 0 Å². The molecule has 0 bridgehead atoms. The number of nitrogens with one attached hydrogen (secondary N) is 1. The summed E-state index contributed by atoms with van der Waals surface area (Å²) in [5.41, 5.74) is 2.98. The molecule has 5 nitrogen and oxygen atoms in total. The minimum atomic E-state index is -0.356. The molecule has 2 heterocycles. The van der Waals surface area contributed by atoms with Crippen LogP contribution in [-0.2, 0) is 6.54 Å². The lowest BCUT2D eigenvalue weighted by Crippen LogP contribution is -2.34. The molecule has 2 atom stereocenters. The third-order valence-electron chi connectivity index (χ3n) is 4.79. The largest absolute Gasteiger partial charge is 0.454 e. The number of amides is 1. The van der Waals surface area contributed by atoms with E-state index in [4.69, 9.17) is 10.3 Å². The first-order valence-corrected chi connectivity index (χ1v) is 7.53. The van der Waals surface area contributed by atoms with Gasteiger partial charge in [-0.2, -0.15) is 0 Å². The van der Waals surface area contributed by atoms with E-state index in [1.807, 2.05) is 13.0 Å². The Morgan fingerprint density at radius 1 is 1.45 bits per heavy atom. The van der Waals surface area contributed by atoms with Crippen molar-refractivity contribution in [3.05, 3.63) is 23.2 Å². The maximum absolute atomic E-state index is 11.6. The molecular formula is C15H23N3O2. The van der Waals surface area contributed by atoms with Gasteiger partial charge in [-0.1, -0.05) is 12.8 Å². The van der Waals surface area contributed by atoms with Gasteiger partial charge in [0, 0.05) is 11.6 Å². The second-order valence-electron chi connectivity index (χ2n) is 6.07. The molecule has 5 heteroatoms. The quantitative estimate of drug-likeness (QED) is 0.503. The van der Waals surface area contributed by atoms with Crippen LogP contribution in [0.25, 0.3) is 0 Å². The molecule has 1 aliphatic heterocycles. The number of hydrazine groups is 1. The summed E-state index contributed by atoms with van der Waals surface area (Å²) in [5.74, 6) is 6.88. The molecule has 2 unspecified atom stereocenters. The van der Waals surface area contributed by atoms with Gasteiger partial charge < -0.3 is 4.42 Å². The van der Waals surface area contributed by atoms with Gasteiger partial charge in [0.2, 0.25) is 0 Å². The number of rotatable bonds is 3. The number of carbonyl (C=O) groups is 1. The van der Waals surface area contributed by atoms with Crippen LogP contribution < -0.4 is 11.3 Å². The van der Waals surface area contributed by atoms with E-state index in [0.717, 1.165) is 30.3 Å². The second kappa shape index (κ2) is 5.58. The molecule has 1 aromatic rings. The van der Waals surface area contributed by atoms with E-state index in [1.165, 1.54) is 32.1 Å². The van der Waals surface area contributed by atoms with Crippen molar-refractivity contribution in [2.24, 2.45) is 11.8 Å². The highest BCUT2D eigenvalue weighted by molar-refractivity contribution is 5.92. The summed E-state index contributed by atoms with van der Waals surface area (Å²) in [4.78, 5) is 14.1. The van der Waals surface area contributed by atoms with Gasteiger partial charge >= 0.3 is 5.91 Å². The fourth-order valence-electron chi connectivity index (χ4n) is 3.82. The van der Waals surface area contributed by atoms with Gasteiger partial charge in [-0.15, -0.1) is 0 Å². The first-order chi connectivity index (χ1) is 9.69. The van der Waals surface area contributed by atoms with Crippen molar-refractivity contribution >= 4 is 5.91 Å². The Labute approximate surface area is 119 Å². The summed E-state index contributed by atoms with van der Waals surface area (Å²) >= 11 is 0. The molecule has 1 amide bonds. The zero-order chi connectivity index (χ0) is 14.1. The minimum Gasteiger partial charge on any atom is -0.454 e. The van der Waals surface area contributed by atoms with Crippen LogP contribution in [0.3, 0.4) is 0 Å². The maximum Gasteiger partial charge on any atom is 0.301 e. The summed E-state index contributed by atoms with van der Waals surface area (Å²) in [6, 6.07) is 2.67. The Bertz CT molecular complexity index is 497. The lowest BCUT2D eigenvalue weighted by molar-refractivity contribution is 0.0919. The van der Waals surface area contributed by atoms with Crippen LogP contribution in [0, 0.1) is 12.8 Å². The van der Waals surface area contributed by atoms with E-state index in [1.54, 1.807) is 0 Å². The molecule has 0 spiro atoms. The highest BCUT2D eigenvalue weighted by atomic mass is 16.4. The number of hydrogen-bond donors (Lipinski definition) is 2. The fourth-order valence-corrected chi connectivity index (χ4v) is 3.82. The van der Waals surface area contributed by atoms with Crippen LogP contribution in [0.1, 0.15) is 54.0 Å². The van der Waals surface area contributed by atoms with E-state index in [0.29, 0.717) is 11.8 Å². The Balaban J connectivity index is 1.70. The summed E-state index contributed by atoms with van der Waals surface area (Å²) < 4.78 is 5.68. The molecule has 2 fully saturated rings. The van der Waals surface area contributed by atoms with Crippen LogP contribution in [0.2, 0.25) is 0 Å². The molecule has 1 aliphatic carbocycles. The highest BCUT2D eigenvalue weighted by Crippen LogP contribution is 2.37. The minimum absolute atomic E-state index is 0.335. The van der Waals surface area contributed by atoms with Gasteiger partial charge in [0.1, 0.15) is 5.76 Å². The smallest absolute Gasteiger partial charge is 0.301 e. The van der Waals surface area contributed by atoms with Crippen LogP contribution >= 0.6 is 0 Å². The van der Waals surface area contributed by atoms with Crippen molar-refractivity contribution in [3.63, 3.8) is 0 Å². The molecular weight excluding hydrogens is 254 g/mol. The zero-order valence-electron chi connectivity index (χ0n) is 12.0. The van der Waals surface area contributed by atoms with Crippen molar-refractivity contribution < 1.29 is 9.21 Å². The van der Waals surface area contributed by atoms with E-state index in [9.17, 15) is 4.79 Å². The van der Waals surface area contributed by atoms with E-state index in [-0.39, 0.29) is 5.91 Å². The number of likely N-dealkylation sites (tertiary alicyclic amines) is 1. The Morgan fingerprint density at radius 3 is 3.05 bits per heavy atom. The molecule has 1 aromatic heterocycles. The molecule has 1 saturated heterocycles. The summed E-state index contributed by atoms with van der Waals surface area (Å²) in [6.07, 6.45) is 6.71. The number of aryl methyl sites for hydroxylation is 1. The fraction of sp³-hybridized carbons (Fsp3) is 0.667. The van der Waals surface area contributed by atoms with E-state index in [2.05, 4.69) is 10.3 Å². The standard InChI is InChI=1S/C15H23N3O2/c1-10-8-12(20-14(10)15(19)17-16)9-18-7-6-11-4-2-3-5-13(11)18/h8,11,13H,2-7,9,16H2,1H3,(H,17,19). The SMILES string of the molecule is Cc1cc(CN2CCC3CCCCC32)oc1C(=O)NN. The molecule has 110 valence electrons. The van der Waals surface area contributed by atoms with Crippen molar-refractivity contribution in [1.82, 2.24) is 10.3 Å². The van der Waals surface area contributed by atoms with Crippen LogP contribution in [0.4, 0.5) is 0 Å². The third kappa shape index (κ3) is 2.47. The van der Waals surface area contributed by atoms with Crippen molar-refractivity contribution in [1.29, 1.82) is 0 Å². The summed E-state index contributed by atoms with van der Waals surface area (Å²) in [5, 5.41) is 0. The average molecular weight is 277 g/mol. The number of nitrogen functional groups attached to an aromatic ring is 1. The normalized spacial score (nSPS) is 26.5. The Hall–Kier alpha value is -1.33. The molecule has 20 heavy (non-hydrogen) atoms. The molecule has 0 aromatic carbocycles. The number of nitrogens with two attached hydrogens (primary N) is 1. The molecule has 3 N–H and O–H groups in total. The van der Waals surface area contributed by atoms with Crippen LogP contribution in [0.15, 0.2) is 10.5 Å². The van der Waals surface area contributed by atoms with Crippen molar-refractivity contribution in [2.45, 2.75) is 51.6 Å². The Morgan fingerprint density at radius 2 is 2.25 bits per heavy atom. The number of fused-ring (bicyclic) bond motifs is 1. The second-order valence-corrected chi connectivity index (χ2v) is 6.07. The highest BCUT2D eigenvalue weighted by Gasteiger charge is 2.35. The van der Waals surface area contributed by atoms with E-state index >= 15 is 0 Å². The van der Waals surface area contributed by atoms with Gasteiger partial charge in [0.25, 0.3) is 0 Å². The van der Waals surface area contributed by atoms with Crippen molar-refractivity contribution in [3.8, 4) is 0 Å². The molecule has 3 rings (SSSR count). The first-order valence-electron chi connectivity index (χ1n) is 7.53. The third-order valence-corrected chi connectivity index (χ3v) is 4.79. The predicted octanol–water partition coefficient (Wildman–Crippen LogP) is 1.96. The molecule has 0 radical (unpaired) electrons. The van der Waals surface area contributed by atoms with Crippen molar-refractivity contribution in [2.75, 3.05) is 6.54 Å². The lowest BCUT2D eigenvalue weighted by atomic mass is 9.85. The Kier molecular flexibility index (Phi) is 3.81. The van der Waals surface area contributed by atoms with Gasteiger partial charge in [0.05, 0.1) is 6.54 Å². The first kappa shape index (κ1) is 13.6. The van der Waals surface area contributed by atoms with Gasteiger partial charge in [0.15, 0.2) is 5.76 Å². The summed E-state index contributed by atoms with van der Waals surface area (Å²) in [6.45, 7) is 3.83. The van der Waals surface area contributed by atoms with Crippen LogP contribution in [-0.4, -0.2) is 23.4 Å².